The van der Waals surface area contributed by atoms with E-state index in [2.05, 4.69) is 55.4 Å². The van der Waals surface area contributed by atoms with Crippen molar-refractivity contribution in [1.29, 1.82) is 0 Å². The van der Waals surface area contributed by atoms with Gasteiger partial charge in [0.1, 0.15) is 5.82 Å². The number of aryl methyl sites for hydroxylation is 2. The molecule has 5 aromatic rings. The molecular weight excluding hydrogens is 376 g/mol. The number of rotatable bonds is 4. The first-order valence-electron chi connectivity index (χ1n) is 9.52. The smallest absolute Gasteiger partial charge is 0.259 e. The van der Waals surface area contributed by atoms with Gasteiger partial charge >= 0.3 is 0 Å². The maximum absolute atomic E-state index is 5.53. The summed E-state index contributed by atoms with van der Waals surface area (Å²) in [6, 6.07) is 18.0. The number of hydrogen-bond acceptors (Lipinski definition) is 6. The van der Waals surface area contributed by atoms with E-state index in [1.165, 1.54) is 5.56 Å². The van der Waals surface area contributed by atoms with Crippen LogP contribution in [0.2, 0.25) is 0 Å². The van der Waals surface area contributed by atoms with Gasteiger partial charge in [-0.2, -0.15) is 10.1 Å². The Morgan fingerprint density at radius 2 is 1.47 bits per heavy atom. The fourth-order valence-electron chi connectivity index (χ4n) is 3.27. The molecule has 0 aliphatic carbocycles. The van der Waals surface area contributed by atoms with Crippen molar-refractivity contribution in [2.45, 2.75) is 13.8 Å². The Morgan fingerprint density at radius 1 is 0.733 bits per heavy atom. The molecule has 0 bridgehead atoms. The van der Waals surface area contributed by atoms with E-state index in [1.54, 1.807) is 6.20 Å². The highest BCUT2D eigenvalue weighted by molar-refractivity contribution is 5.70. The predicted molar refractivity (Wildman–Crippen MR) is 113 cm³/mol. The third-order valence-corrected chi connectivity index (χ3v) is 4.74. The molecule has 2 aromatic carbocycles. The Morgan fingerprint density at radius 3 is 2.27 bits per heavy atom. The minimum absolute atomic E-state index is 0.422. The average Bonchev–Trinajstić information content (AvgIpc) is 3.44. The van der Waals surface area contributed by atoms with Crippen molar-refractivity contribution >= 4 is 0 Å². The van der Waals surface area contributed by atoms with Crippen molar-refractivity contribution < 1.29 is 4.52 Å². The van der Waals surface area contributed by atoms with Crippen molar-refractivity contribution in [3.63, 3.8) is 0 Å². The summed E-state index contributed by atoms with van der Waals surface area (Å²) in [7, 11) is 0. The van der Waals surface area contributed by atoms with E-state index < -0.39 is 0 Å². The maximum atomic E-state index is 5.53. The molecule has 1 N–H and O–H groups in total. The number of hydrogen-bond donors (Lipinski definition) is 1. The van der Waals surface area contributed by atoms with Crippen LogP contribution in [-0.2, 0) is 0 Å². The minimum Gasteiger partial charge on any atom is -0.334 e. The summed E-state index contributed by atoms with van der Waals surface area (Å²) >= 11 is 0. The number of benzene rings is 2. The van der Waals surface area contributed by atoms with Crippen LogP contribution in [0.15, 0.2) is 71.5 Å². The zero-order valence-electron chi connectivity index (χ0n) is 16.5. The van der Waals surface area contributed by atoms with Gasteiger partial charge in [0.15, 0.2) is 5.82 Å². The van der Waals surface area contributed by atoms with Crippen LogP contribution in [-0.4, -0.2) is 30.3 Å². The van der Waals surface area contributed by atoms with Gasteiger partial charge in [-0.3, -0.25) is 10.1 Å². The molecule has 7 nitrogen and oxygen atoms in total. The minimum atomic E-state index is 0.422. The summed E-state index contributed by atoms with van der Waals surface area (Å²) < 4.78 is 5.53. The van der Waals surface area contributed by atoms with Crippen LogP contribution in [0.4, 0.5) is 0 Å². The number of nitrogens with one attached hydrogen (secondary N) is 1. The zero-order valence-corrected chi connectivity index (χ0v) is 16.5. The molecule has 7 heteroatoms. The molecule has 0 spiro atoms. The third kappa shape index (κ3) is 3.48. The molecule has 0 radical (unpaired) electrons. The predicted octanol–water partition coefficient (Wildman–Crippen LogP) is 4.87. The molecule has 3 aromatic heterocycles. The van der Waals surface area contributed by atoms with Crippen molar-refractivity contribution in [3.8, 4) is 45.4 Å². The Kier molecular flexibility index (Phi) is 4.40. The Labute approximate surface area is 172 Å². The normalized spacial score (nSPS) is 11.0. The van der Waals surface area contributed by atoms with Crippen LogP contribution in [0, 0.1) is 13.8 Å². The average molecular weight is 394 g/mol. The highest BCUT2D eigenvalue weighted by Gasteiger charge is 2.13. The molecule has 30 heavy (non-hydrogen) atoms. The zero-order chi connectivity index (χ0) is 20.5. The quantitative estimate of drug-likeness (QED) is 0.467. The standard InChI is InChI=1S/C23H18N6O/c1-14-5-3-6-16(9-14)19-11-20(13-24-12-19)23-26-22(29-30-23)18-8-4-7-17(10-18)21-25-15(2)27-28-21/h3-13H,1-2H3,(H,25,27,28). The molecule has 0 aliphatic heterocycles. The Bertz CT molecular complexity index is 1340. The van der Waals surface area contributed by atoms with E-state index in [-0.39, 0.29) is 0 Å². The van der Waals surface area contributed by atoms with Gasteiger partial charge in [-0.15, -0.1) is 0 Å². The van der Waals surface area contributed by atoms with Crippen molar-refractivity contribution in [3.05, 3.63) is 78.4 Å². The fourth-order valence-corrected chi connectivity index (χ4v) is 3.27. The van der Waals surface area contributed by atoms with Gasteiger partial charge in [0.25, 0.3) is 5.89 Å². The van der Waals surface area contributed by atoms with E-state index in [0.29, 0.717) is 17.5 Å². The SMILES string of the molecule is Cc1cccc(-c2cncc(-c3nc(-c4cccc(-c5n[nH]c(C)n5)c4)no3)c2)c1. The summed E-state index contributed by atoms with van der Waals surface area (Å²) in [6.45, 7) is 3.93. The lowest BCUT2D eigenvalue weighted by molar-refractivity contribution is 0.432. The molecule has 3 heterocycles. The molecule has 0 fully saturated rings. The second-order valence-electron chi connectivity index (χ2n) is 7.08. The molecule has 146 valence electrons. The van der Waals surface area contributed by atoms with Gasteiger partial charge in [-0.05, 0) is 31.5 Å². The number of aromatic nitrogens is 6. The summed E-state index contributed by atoms with van der Waals surface area (Å²) in [5.74, 6) is 2.32. The number of H-pyrrole nitrogens is 1. The number of pyridine rings is 1. The summed E-state index contributed by atoms with van der Waals surface area (Å²) in [4.78, 5) is 13.3. The van der Waals surface area contributed by atoms with Crippen LogP contribution < -0.4 is 0 Å². The number of nitrogens with zero attached hydrogens (tertiary/aromatic N) is 5. The first-order valence-corrected chi connectivity index (χ1v) is 9.52. The van der Waals surface area contributed by atoms with Crippen molar-refractivity contribution in [2.75, 3.05) is 0 Å². The molecule has 5 rings (SSSR count). The first kappa shape index (κ1) is 17.9. The Hall–Kier alpha value is -4.13. The van der Waals surface area contributed by atoms with Crippen LogP contribution >= 0.6 is 0 Å². The molecule has 0 amide bonds. The fraction of sp³-hybridized carbons (Fsp3) is 0.0870. The summed E-state index contributed by atoms with van der Waals surface area (Å²) in [5.41, 5.74) is 5.77. The third-order valence-electron chi connectivity index (χ3n) is 4.74. The van der Waals surface area contributed by atoms with Gasteiger partial charge in [0.2, 0.25) is 5.82 Å². The van der Waals surface area contributed by atoms with Gasteiger partial charge in [0.05, 0.1) is 5.56 Å². The first-order chi connectivity index (χ1) is 14.7. The molecule has 0 saturated heterocycles. The van der Waals surface area contributed by atoms with Crippen LogP contribution in [0.1, 0.15) is 11.4 Å². The van der Waals surface area contributed by atoms with Crippen molar-refractivity contribution in [2.24, 2.45) is 0 Å². The lowest BCUT2D eigenvalue weighted by Gasteiger charge is -2.03. The van der Waals surface area contributed by atoms with Gasteiger partial charge < -0.3 is 4.52 Å². The molecule has 0 atom stereocenters. The molecule has 0 unspecified atom stereocenters. The summed E-state index contributed by atoms with van der Waals surface area (Å²) in [5, 5.41) is 11.2. The van der Waals surface area contributed by atoms with E-state index in [9.17, 15) is 0 Å². The lowest BCUT2D eigenvalue weighted by Crippen LogP contribution is -1.86. The monoisotopic (exact) mass is 394 g/mol. The maximum Gasteiger partial charge on any atom is 0.259 e. The molecule has 0 saturated carbocycles. The van der Waals surface area contributed by atoms with Crippen LogP contribution in [0.3, 0.4) is 0 Å². The van der Waals surface area contributed by atoms with Gasteiger partial charge in [-0.1, -0.05) is 53.2 Å². The Balaban J connectivity index is 1.47. The summed E-state index contributed by atoms with van der Waals surface area (Å²) in [6.07, 6.45) is 3.56. The van der Waals surface area contributed by atoms with Crippen molar-refractivity contribution in [1.82, 2.24) is 30.3 Å². The van der Waals surface area contributed by atoms with E-state index >= 15 is 0 Å². The topological polar surface area (TPSA) is 93.4 Å². The largest absolute Gasteiger partial charge is 0.334 e. The highest BCUT2D eigenvalue weighted by Crippen LogP contribution is 2.28. The van der Waals surface area contributed by atoms with E-state index in [4.69, 9.17) is 4.52 Å². The molecular formula is C23H18N6O. The lowest BCUT2D eigenvalue weighted by atomic mass is 10.0. The van der Waals surface area contributed by atoms with E-state index in [0.717, 1.165) is 33.6 Å². The number of aromatic amines is 1. The second kappa shape index (κ2) is 7.36. The van der Waals surface area contributed by atoms with Crippen LogP contribution in [0.5, 0.6) is 0 Å². The highest BCUT2D eigenvalue weighted by atomic mass is 16.5. The second-order valence-corrected chi connectivity index (χ2v) is 7.08. The van der Waals surface area contributed by atoms with Gasteiger partial charge in [0, 0.05) is 29.1 Å². The van der Waals surface area contributed by atoms with Gasteiger partial charge in [-0.25, -0.2) is 4.98 Å². The molecule has 0 aliphatic rings. The van der Waals surface area contributed by atoms with Crippen LogP contribution in [0.25, 0.3) is 45.4 Å². The van der Waals surface area contributed by atoms with E-state index in [1.807, 2.05) is 49.5 Å².